The average Bonchev–Trinajstić information content (AvgIpc) is 3.05. The molecule has 2 heteroatoms. The molecule has 3 unspecified atom stereocenters. The molecular weight excluding hydrogens is 328 g/mol. The number of pyridine rings is 1. The van der Waals surface area contributed by atoms with Crippen LogP contribution in [0.1, 0.15) is 63.9 Å². The molecule has 0 aromatic carbocycles. The van der Waals surface area contributed by atoms with Gasteiger partial charge in [0.2, 0.25) is 0 Å². The van der Waals surface area contributed by atoms with Crippen molar-refractivity contribution in [1.29, 1.82) is 0 Å². The molecular formula is C25H36N2. The second-order valence-corrected chi connectivity index (χ2v) is 10.4. The van der Waals surface area contributed by atoms with E-state index in [1.54, 1.807) is 5.57 Å². The van der Waals surface area contributed by atoms with Crippen LogP contribution in [0.3, 0.4) is 0 Å². The molecule has 0 radical (unpaired) electrons. The predicted molar refractivity (Wildman–Crippen MR) is 112 cm³/mol. The maximum absolute atomic E-state index is 4.24. The van der Waals surface area contributed by atoms with Gasteiger partial charge >= 0.3 is 0 Å². The van der Waals surface area contributed by atoms with Crippen LogP contribution in [0.15, 0.2) is 30.6 Å². The zero-order valence-electron chi connectivity index (χ0n) is 17.4. The lowest BCUT2D eigenvalue weighted by atomic mass is 9.49. The molecule has 3 saturated carbocycles. The topological polar surface area (TPSA) is 16.1 Å². The Bertz CT molecular complexity index is 708. The van der Waals surface area contributed by atoms with E-state index in [4.69, 9.17) is 0 Å². The molecule has 27 heavy (non-hydrogen) atoms. The van der Waals surface area contributed by atoms with E-state index in [9.17, 15) is 0 Å². The van der Waals surface area contributed by atoms with Crippen LogP contribution >= 0.6 is 0 Å². The van der Waals surface area contributed by atoms with E-state index >= 15 is 0 Å². The summed E-state index contributed by atoms with van der Waals surface area (Å²) in [5, 5.41) is 0. The second kappa shape index (κ2) is 6.72. The minimum atomic E-state index is 0.399. The van der Waals surface area contributed by atoms with Gasteiger partial charge in [-0.3, -0.25) is 4.98 Å². The third-order valence-corrected chi connectivity index (χ3v) is 9.23. The van der Waals surface area contributed by atoms with Gasteiger partial charge in [-0.1, -0.05) is 13.0 Å². The van der Waals surface area contributed by atoms with E-state index in [1.807, 2.05) is 12.4 Å². The molecule has 5 rings (SSSR count). The van der Waals surface area contributed by atoms with Crippen molar-refractivity contribution < 1.29 is 0 Å². The van der Waals surface area contributed by atoms with Gasteiger partial charge < -0.3 is 4.90 Å². The predicted octanol–water partition coefficient (Wildman–Crippen LogP) is 5.66. The molecule has 2 nitrogen and oxygen atoms in total. The minimum absolute atomic E-state index is 0.399. The van der Waals surface area contributed by atoms with E-state index < -0.39 is 0 Å². The van der Waals surface area contributed by atoms with Crippen LogP contribution in [-0.2, 0) is 0 Å². The summed E-state index contributed by atoms with van der Waals surface area (Å²) in [6.45, 7) is 2.59. The van der Waals surface area contributed by atoms with Gasteiger partial charge in [-0.2, -0.15) is 0 Å². The molecule has 4 aliphatic rings. The van der Waals surface area contributed by atoms with E-state index in [0.717, 1.165) is 35.6 Å². The lowest BCUT2D eigenvalue weighted by molar-refractivity contribution is -0.0482. The Morgan fingerprint density at radius 2 is 1.74 bits per heavy atom. The highest BCUT2D eigenvalue weighted by molar-refractivity contribution is 5.72. The second-order valence-electron chi connectivity index (χ2n) is 10.4. The minimum Gasteiger partial charge on any atom is -0.306 e. The number of fused-ring (bicyclic) bond motifs is 5. The van der Waals surface area contributed by atoms with Gasteiger partial charge in [0.25, 0.3) is 0 Å². The maximum Gasteiger partial charge on any atom is 0.0273 e. The number of hydrogen-bond donors (Lipinski definition) is 0. The van der Waals surface area contributed by atoms with Crippen molar-refractivity contribution in [1.82, 2.24) is 9.88 Å². The van der Waals surface area contributed by atoms with Crippen molar-refractivity contribution in [2.24, 2.45) is 35.0 Å². The Balaban J connectivity index is 1.36. The van der Waals surface area contributed by atoms with Crippen LogP contribution in [0, 0.1) is 35.0 Å². The van der Waals surface area contributed by atoms with Gasteiger partial charge in [0.15, 0.2) is 0 Å². The van der Waals surface area contributed by atoms with E-state index in [-0.39, 0.29) is 0 Å². The quantitative estimate of drug-likeness (QED) is 0.673. The van der Waals surface area contributed by atoms with Crippen molar-refractivity contribution in [2.45, 2.75) is 64.3 Å². The van der Waals surface area contributed by atoms with Crippen LogP contribution in [0.2, 0.25) is 0 Å². The first-order valence-corrected chi connectivity index (χ1v) is 11.4. The van der Waals surface area contributed by atoms with Gasteiger partial charge in [-0.05, 0) is 124 Å². The molecule has 146 valence electrons. The Labute approximate surface area is 165 Å². The third kappa shape index (κ3) is 2.82. The van der Waals surface area contributed by atoms with Gasteiger partial charge in [0.1, 0.15) is 0 Å². The van der Waals surface area contributed by atoms with Gasteiger partial charge in [0.05, 0.1) is 0 Å². The van der Waals surface area contributed by atoms with Crippen LogP contribution in [0.5, 0.6) is 0 Å². The fourth-order valence-electron chi connectivity index (χ4n) is 7.84. The smallest absolute Gasteiger partial charge is 0.0273 e. The lowest BCUT2D eigenvalue weighted by Gasteiger charge is -2.56. The number of hydrogen-bond acceptors (Lipinski definition) is 2. The van der Waals surface area contributed by atoms with Crippen molar-refractivity contribution in [3.05, 3.63) is 36.2 Å². The van der Waals surface area contributed by atoms with Crippen molar-refractivity contribution in [3.63, 3.8) is 0 Å². The molecule has 1 aromatic heterocycles. The van der Waals surface area contributed by atoms with Crippen LogP contribution in [-0.4, -0.2) is 30.0 Å². The summed E-state index contributed by atoms with van der Waals surface area (Å²) < 4.78 is 0. The molecule has 0 amide bonds. The molecule has 0 spiro atoms. The highest BCUT2D eigenvalue weighted by atomic mass is 15.1. The summed E-state index contributed by atoms with van der Waals surface area (Å²) in [6, 6.07) is 5.29. The molecule has 0 aliphatic heterocycles. The number of nitrogens with zero attached hydrogens (tertiary/aromatic N) is 2. The van der Waals surface area contributed by atoms with E-state index in [2.05, 4.69) is 49.1 Å². The Morgan fingerprint density at radius 3 is 2.52 bits per heavy atom. The highest BCUT2D eigenvalue weighted by Crippen LogP contribution is 2.64. The fourth-order valence-corrected chi connectivity index (χ4v) is 7.84. The van der Waals surface area contributed by atoms with Crippen LogP contribution < -0.4 is 0 Å². The monoisotopic (exact) mass is 364 g/mol. The van der Waals surface area contributed by atoms with Crippen molar-refractivity contribution in [3.8, 4) is 0 Å². The molecule has 7 atom stereocenters. The number of aromatic nitrogens is 1. The van der Waals surface area contributed by atoms with Crippen LogP contribution in [0.4, 0.5) is 0 Å². The number of rotatable bonds is 2. The van der Waals surface area contributed by atoms with E-state index in [0.29, 0.717) is 5.41 Å². The zero-order valence-corrected chi connectivity index (χ0v) is 17.4. The highest BCUT2D eigenvalue weighted by Gasteiger charge is 2.54. The number of allylic oxidation sites excluding steroid dienone is 2. The van der Waals surface area contributed by atoms with Crippen molar-refractivity contribution >= 4 is 5.57 Å². The van der Waals surface area contributed by atoms with E-state index in [1.165, 1.54) is 56.9 Å². The van der Waals surface area contributed by atoms with Crippen molar-refractivity contribution in [2.75, 3.05) is 14.1 Å². The Kier molecular flexibility index (Phi) is 4.46. The molecule has 1 heterocycles. The zero-order chi connectivity index (χ0) is 18.6. The first kappa shape index (κ1) is 17.9. The average molecular weight is 365 g/mol. The summed E-state index contributed by atoms with van der Waals surface area (Å²) in [7, 11) is 4.57. The summed E-state index contributed by atoms with van der Waals surface area (Å²) >= 11 is 0. The summed E-state index contributed by atoms with van der Waals surface area (Å²) in [4.78, 5) is 6.73. The Morgan fingerprint density at radius 1 is 0.963 bits per heavy atom. The summed E-state index contributed by atoms with van der Waals surface area (Å²) in [5.41, 5.74) is 3.45. The van der Waals surface area contributed by atoms with Crippen LogP contribution in [0.25, 0.3) is 5.57 Å². The lowest BCUT2D eigenvalue weighted by Crippen LogP contribution is -2.49. The maximum atomic E-state index is 4.24. The molecule has 1 aromatic rings. The Hall–Kier alpha value is -1.15. The molecule has 4 aliphatic carbocycles. The SMILES string of the molecule is CN(C)[C@H]1CCC2[C@@H](CCC3[C@@H]2CCC2(C)C(c4ccncc4)=CC[C@@H]32)C1. The first-order valence-electron chi connectivity index (χ1n) is 11.4. The largest absolute Gasteiger partial charge is 0.306 e. The third-order valence-electron chi connectivity index (χ3n) is 9.23. The summed E-state index contributed by atoms with van der Waals surface area (Å²) in [5.74, 6) is 4.89. The summed E-state index contributed by atoms with van der Waals surface area (Å²) in [6.07, 6.45) is 18.1. The standard InChI is InChI=1S/C25H36N2/c1-25-13-10-21-20-7-5-19(27(2)3)16-18(20)4-6-22(21)24(25)9-8-23(25)17-11-14-26-15-12-17/h8,11-12,14-15,18-22,24H,4-7,9-10,13,16H2,1-3H3/t18-,19-,20?,21+,22?,24-,25?/m0/s1. The fraction of sp³-hybridized carbons (Fsp3) is 0.720. The first-order chi connectivity index (χ1) is 13.1. The normalized spacial score (nSPS) is 43.6. The van der Waals surface area contributed by atoms with Gasteiger partial charge in [-0.25, -0.2) is 0 Å². The molecule has 0 bridgehead atoms. The molecule has 3 fully saturated rings. The molecule has 0 N–H and O–H groups in total. The van der Waals surface area contributed by atoms with Gasteiger partial charge in [-0.15, -0.1) is 0 Å². The van der Waals surface area contributed by atoms with Gasteiger partial charge in [0, 0.05) is 18.4 Å². The molecule has 0 saturated heterocycles.